The molecule has 2 heterocycles. The van der Waals surface area contributed by atoms with Crippen molar-refractivity contribution in [2.45, 2.75) is 20.8 Å². The van der Waals surface area contributed by atoms with Crippen molar-refractivity contribution in [1.29, 1.82) is 0 Å². The van der Waals surface area contributed by atoms with Crippen LogP contribution < -0.4 is 10.2 Å². The number of hydrogen-bond acceptors (Lipinski definition) is 3. The van der Waals surface area contributed by atoms with Crippen LogP contribution in [-0.2, 0) is 9.59 Å². The summed E-state index contributed by atoms with van der Waals surface area (Å²) in [5.41, 5.74) is 4.77. The highest BCUT2D eigenvalue weighted by Gasteiger charge is 2.35. The van der Waals surface area contributed by atoms with Crippen LogP contribution in [0.1, 0.15) is 22.5 Å². The Balaban J connectivity index is 1.77. The average Bonchev–Trinajstić information content (AvgIpc) is 3.03. The Morgan fingerprint density at radius 2 is 1.76 bits per heavy atom. The second-order valence-corrected chi connectivity index (χ2v) is 9.30. The van der Waals surface area contributed by atoms with E-state index in [4.69, 9.17) is 23.8 Å². The summed E-state index contributed by atoms with van der Waals surface area (Å²) in [6.07, 6.45) is 1.54. The normalized spacial score (nSPS) is 15.4. The number of nitrogens with zero attached hydrogens (tertiary/aromatic N) is 2. The first-order valence-corrected chi connectivity index (χ1v) is 11.5. The molecule has 2 amide bonds. The van der Waals surface area contributed by atoms with Gasteiger partial charge in [-0.1, -0.05) is 27.5 Å². The fourth-order valence-electron chi connectivity index (χ4n) is 3.77. The topological polar surface area (TPSA) is 54.3 Å². The molecular weight excluding hydrogens is 529 g/mol. The maximum Gasteiger partial charge on any atom is 0.270 e. The first kappa shape index (κ1) is 23.4. The van der Waals surface area contributed by atoms with Crippen LogP contribution in [0.15, 0.2) is 52.5 Å². The molecule has 3 aromatic rings. The summed E-state index contributed by atoms with van der Waals surface area (Å²) < 4.78 is 16.7. The van der Waals surface area contributed by atoms with E-state index in [0.29, 0.717) is 0 Å². The Bertz CT molecular complexity index is 1380. The number of nitrogens with one attached hydrogen (secondary N) is 1. The van der Waals surface area contributed by atoms with Crippen molar-refractivity contribution in [3.05, 3.63) is 85.9 Å². The van der Waals surface area contributed by atoms with Crippen molar-refractivity contribution in [2.24, 2.45) is 0 Å². The van der Waals surface area contributed by atoms with Crippen LogP contribution in [0.3, 0.4) is 0 Å². The van der Waals surface area contributed by atoms with E-state index in [2.05, 4.69) is 31.9 Å². The molecule has 0 unspecified atom stereocenters. The minimum atomic E-state index is -0.619. The smallest absolute Gasteiger partial charge is 0.270 e. The summed E-state index contributed by atoms with van der Waals surface area (Å²) in [4.78, 5) is 27.1. The lowest BCUT2D eigenvalue weighted by Crippen LogP contribution is -2.54. The highest BCUT2D eigenvalue weighted by molar-refractivity contribution is 9.10. The quantitative estimate of drug-likeness (QED) is 0.257. The van der Waals surface area contributed by atoms with Crippen molar-refractivity contribution >= 4 is 68.4 Å². The highest BCUT2D eigenvalue weighted by Crippen LogP contribution is 2.29. The Labute approximate surface area is 209 Å². The van der Waals surface area contributed by atoms with Crippen molar-refractivity contribution in [1.82, 2.24) is 9.88 Å². The van der Waals surface area contributed by atoms with Gasteiger partial charge in [0.1, 0.15) is 11.4 Å². The first-order valence-electron chi connectivity index (χ1n) is 9.90. The fourth-order valence-corrected chi connectivity index (χ4v) is 4.47. The molecule has 0 bridgehead atoms. The minimum absolute atomic E-state index is 0.0868. The molecule has 1 saturated heterocycles. The molecule has 0 atom stereocenters. The summed E-state index contributed by atoms with van der Waals surface area (Å²) in [5.74, 6) is -1.83. The van der Waals surface area contributed by atoms with Crippen LogP contribution >= 0.6 is 39.7 Å². The van der Waals surface area contributed by atoms with Gasteiger partial charge in [-0.2, -0.15) is 0 Å². The number of benzene rings is 2. The fraction of sp³-hybridized carbons (Fsp3) is 0.125. The predicted octanol–water partition coefficient (Wildman–Crippen LogP) is 5.79. The van der Waals surface area contributed by atoms with E-state index >= 15 is 0 Å². The lowest BCUT2D eigenvalue weighted by atomic mass is 10.1. The number of carbonyl (C=O) groups excluding carboxylic acids is 2. The van der Waals surface area contributed by atoms with Crippen molar-refractivity contribution in [3.63, 3.8) is 0 Å². The van der Waals surface area contributed by atoms with Gasteiger partial charge >= 0.3 is 0 Å². The van der Waals surface area contributed by atoms with Crippen LogP contribution in [0.2, 0.25) is 5.02 Å². The van der Waals surface area contributed by atoms with Gasteiger partial charge in [-0.25, -0.2) is 4.39 Å². The number of anilines is 1. The summed E-state index contributed by atoms with van der Waals surface area (Å²) in [7, 11) is 0. The molecule has 5 nitrogen and oxygen atoms in total. The predicted molar refractivity (Wildman–Crippen MR) is 135 cm³/mol. The van der Waals surface area contributed by atoms with Crippen LogP contribution in [0, 0.1) is 26.6 Å². The van der Waals surface area contributed by atoms with Crippen LogP contribution in [-0.4, -0.2) is 21.5 Å². The highest BCUT2D eigenvalue weighted by atomic mass is 79.9. The zero-order valence-corrected chi connectivity index (χ0v) is 21.0. The summed E-state index contributed by atoms with van der Waals surface area (Å²) in [5, 5.41) is 2.28. The lowest BCUT2D eigenvalue weighted by Gasteiger charge is -2.29. The van der Waals surface area contributed by atoms with Crippen molar-refractivity contribution in [3.8, 4) is 5.69 Å². The Hall–Kier alpha value is -2.81. The second-order valence-electron chi connectivity index (χ2n) is 7.65. The Morgan fingerprint density at radius 1 is 1.06 bits per heavy atom. The molecule has 1 aliphatic heterocycles. The molecule has 0 spiro atoms. The molecular formula is C24H18BrClFN3O2S. The third-order valence-corrected chi connectivity index (χ3v) is 6.90. The molecule has 0 radical (unpaired) electrons. The Morgan fingerprint density at radius 3 is 2.42 bits per heavy atom. The van der Waals surface area contributed by atoms with E-state index in [9.17, 15) is 14.0 Å². The molecule has 1 aliphatic rings. The van der Waals surface area contributed by atoms with Gasteiger partial charge in [-0.05, 0) is 92.7 Å². The molecule has 33 heavy (non-hydrogen) atoms. The molecule has 1 aromatic heterocycles. The van der Waals surface area contributed by atoms with Gasteiger partial charge < -0.3 is 4.57 Å². The van der Waals surface area contributed by atoms with Crippen LogP contribution in [0.25, 0.3) is 11.8 Å². The van der Waals surface area contributed by atoms with Gasteiger partial charge in [-0.15, -0.1) is 0 Å². The van der Waals surface area contributed by atoms with Gasteiger partial charge in [0, 0.05) is 21.5 Å². The number of amides is 2. The largest absolute Gasteiger partial charge is 0.318 e. The van der Waals surface area contributed by atoms with Crippen molar-refractivity contribution < 1.29 is 14.0 Å². The number of hydrogen-bond donors (Lipinski definition) is 1. The molecule has 9 heteroatoms. The van der Waals surface area contributed by atoms with Crippen LogP contribution in [0.5, 0.6) is 0 Å². The average molecular weight is 547 g/mol. The van der Waals surface area contributed by atoms with E-state index in [1.165, 1.54) is 12.1 Å². The van der Waals surface area contributed by atoms with E-state index in [1.54, 1.807) is 6.08 Å². The van der Waals surface area contributed by atoms with Crippen molar-refractivity contribution in [2.75, 3.05) is 4.90 Å². The zero-order valence-electron chi connectivity index (χ0n) is 17.9. The van der Waals surface area contributed by atoms with Gasteiger partial charge in [0.25, 0.3) is 11.8 Å². The maximum atomic E-state index is 13.6. The molecule has 2 aromatic carbocycles. The number of rotatable bonds is 3. The third-order valence-electron chi connectivity index (χ3n) is 5.43. The number of carbonyl (C=O) groups is 2. The summed E-state index contributed by atoms with van der Waals surface area (Å²) in [6, 6.07) is 11.7. The maximum absolute atomic E-state index is 13.6. The number of halogens is 3. The van der Waals surface area contributed by atoms with E-state index < -0.39 is 17.6 Å². The number of thiocarbonyl (C=S) groups is 1. The van der Waals surface area contributed by atoms with Gasteiger partial charge in [0.15, 0.2) is 5.11 Å². The van der Waals surface area contributed by atoms with Gasteiger partial charge in [0.05, 0.1) is 10.7 Å². The number of aryl methyl sites for hydroxylation is 2. The summed E-state index contributed by atoms with van der Waals surface area (Å²) >= 11 is 14.6. The minimum Gasteiger partial charge on any atom is -0.318 e. The third kappa shape index (κ3) is 4.26. The zero-order chi connectivity index (χ0) is 24.0. The second kappa shape index (κ2) is 8.85. The molecule has 1 fully saturated rings. The Kier molecular flexibility index (Phi) is 6.26. The van der Waals surface area contributed by atoms with E-state index in [1.807, 2.05) is 39.0 Å². The molecule has 0 saturated carbocycles. The standard InChI is InChI=1S/C24H18BrClFN3O2S/c1-12-8-16(4-6-19(12)25)29-13(2)9-15(14(29)3)10-18-22(31)28-24(33)30(23(18)32)17-5-7-21(27)20(26)11-17/h4-11H,1-3H3,(H,28,31,33)/b18-10+. The molecule has 168 valence electrons. The molecule has 1 N–H and O–H groups in total. The van der Waals surface area contributed by atoms with E-state index in [-0.39, 0.29) is 21.4 Å². The SMILES string of the molecule is Cc1cc(-n2c(C)cc(/C=C3\C(=O)NC(=S)N(c4ccc(F)c(Cl)c4)C3=O)c2C)ccc1Br. The van der Waals surface area contributed by atoms with Gasteiger partial charge in [-0.3, -0.25) is 19.8 Å². The molecule has 4 rings (SSSR count). The number of aromatic nitrogens is 1. The van der Waals surface area contributed by atoms with E-state index in [0.717, 1.165) is 43.6 Å². The summed E-state index contributed by atoms with van der Waals surface area (Å²) in [6.45, 7) is 5.88. The monoisotopic (exact) mass is 545 g/mol. The first-order chi connectivity index (χ1) is 15.6. The van der Waals surface area contributed by atoms with Gasteiger partial charge in [0.2, 0.25) is 0 Å². The molecule has 0 aliphatic carbocycles. The van der Waals surface area contributed by atoms with Crippen LogP contribution in [0.4, 0.5) is 10.1 Å². The lowest BCUT2D eigenvalue weighted by molar-refractivity contribution is -0.122.